The normalized spacial score (nSPS) is 17.9. The minimum absolute atomic E-state index is 0.142. The molecule has 7 rings (SSSR count). The summed E-state index contributed by atoms with van der Waals surface area (Å²) in [6.07, 6.45) is 4.66. The molecule has 3 aliphatic heterocycles. The van der Waals surface area contributed by atoms with Gasteiger partial charge in [-0.3, -0.25) is 24.7 Å². The number of nitrogens with one attached hydrogen (secondary N) is 3. The second-order valence-electron chi connectivity index (χ2n) is 14.5. The van der Waals surface area contributed by atoms with Crippen molar-refractivity contribution < 1.29 is 23.9 Å². The van der Waals surface area contributed by atoms with Crippen LogP contribution in [-0.2, 0) is 9.59 Å². The van der Waals surface area contributed by atoms with Crippen molar-refractivity contribution >= 4 is 75.4 Å². The standard InChI is InChI=1S/C41H47Cl2N9O5/c1-49(41(55)48-39-37(42)32(56-2)22-33(57-3)38(39)43)35-23-34(44-25-45-35)46-28-6-10-30(11-7-28)52-20-18-50(19-21-52)24-26-14-16-51(17-15-26)29-8-4-27(5-9-29)31-12-13-36(53)47-40(31)54/h4-11,22-23,25-26,31H,12-21,24H2,1-3H3,(H,48,55)(H,44,45,46)(H,47,53,54)/t31-/m0/s1. The molecule has 0 spiro atoms. The number of anilines is 6. The van der Waals surface area contributed by atoms with Crippen molar-refractivity contribution in [3.05, 3.63) is 82.6 Å². The lowest BCUT2D eigenvalue weighted by Gasteiger charge is -2.40. The highest BCUT2D eigenvalue weighted by Gasteiger charge is 2.29. The van der Waals surface area contributed by atoms with Gasteiger partial charge in [0.1, 0.15) is 39.5 Å². The SMILES string of the molecule is COc1cc(OC)c(Cl)c(NC(=O)N(C)c2cc(Nc3ccc(N4CCN(CC5CCN(c6ccc([C@@H]7CCC(=O)NC7=O)cc6)CC5)CC4)cc3)ncn2)c1Cl. The summed E-state index contributed by atoms with van der Waals surface area (Å²) in [7, 11) is 4.50. The Bertz CT molecular complexity index is 2040. The summed E-state index contributed by atoms with van der Waals surface area (Å²) < 4.78 is 10.6. The number of hydrogen-bond acceptors (Lipinski definition) is 11. The molecule has 3 aliphatic rings. The zero-order chi connectivity index (χ0) is 40.1. The molecule has 0 aliphatic carbocycles. The topological polar surface area (TPSA) is 144 Å². The predicted octanol–water partition coefficient (Wildman–Crippen LogP) is 6.77. The number of methoxy groups -OCH3 is 2. The van der Waals surface area contributed by atoms with Gasteiger partial charge in [-0.25, -0.2) is 14.8 Å². The lowest BCUT2D eigenvalue weighted by molar-refractivity contribution is -0.134. The van der Waals surface area contributed by atoms with Crippen LogP contribution in [0.1, 0.15) is 37.2 Å². The Hall–Kier alpha value is -5.31. The van der Waals surface area contributed by atoms with E-state index in [1.165, 1.54) is 36.8 Å². The van der Waals surface area contributed by atoms with E-state index in [0.717, 1.165) is 69.9 Å². The zero-order valence-electron chi connectivity index (χ0n) is 32.3. The van der Waals surface area contributed by atoms with Gasteiger partial charge in [-0.2, -0.15) is 0 Å². The summed E-state index contributed by atoms with van der Waals surface area (Å²) in [4.78, 5) is 54.5. The molecule has 3 fully saturated rings. The maximum absolute atomic E-state index is 13.2. The lowest BCUT2D eigenvalue weighted by Crippen LogP contribution is -2.49. The van der Waals surface area contributed by atoms with Crippen molar-refractivity contribution in [3.8, 4) is 11.5 Å². The van der Waals surface area contributed by atoms with Crippen LogP contribution in [0.15, 0.2) is 67.0 Å². The molecule has 3 aromatic carbocycles. The highest BCUT2D eigenvalue weighted by Crippen LogP contribution is 2.44. The van der Waals surface area contributed by atoms with Crippen LogP contribution in [0.2, 0.25) is 10.0 Å². The number of carbonyl (C=O) groups is 3. The predicted molar refractivity (Wildman–Crippen MR) is 224 cm³/mol. The summed E-state index contributed by atoms with van der Waals surface area (Å²) in [5, 5.41) is 8.79. The lowest BCUT2D eigenvalue weighted by atomic mass is 9.90. The second kappa shape index (κ2) is 17.9. The van der Waals surface area contributed by atoms with Crippen molar-refractivity contribution in [2.24, 2.45) is 5.92 Å². The molecule has 1 aromatic heterocycles. The monoisotopic (exact) mass is 815 g/mol. The fraction of sp³-hybridized carbons (Fsp3) is 0.390. The number of hydrogen-bond donors (Lipinski definition) is 3. The molecular formula is C41H47Cl2N9O5. The van der Waals surface area contributed by atoms with E-state index in [9.17, 15) is 14.4 Å². The molecule has 0 unspecified atom stereocenters. The van der Waals surface area contributed by atoms with Crippen LogP contribution in [0.4, 0.5) is 39.2 Å². The maximum Gasteiger partial charge on any atom is 0.327 e. The van der Waals surface area contributed by atoms with Gasteiger partial charge < -0.3 is 29.9 Å². The Morgan fingerprint density at radius 2 is 1.46 bits per heavy atom. The number of piperazine rings is 1. The van der Waals surface area contributed by atoms with E-state index in [-0.39, 0.29) is 33.5 Å². The Labute approximate surface area is 342 Å². The summed E-state index contributed by atoms with van der Waals surface area (Å²) in [6, 6.07) is 19.3. The highest BCUT2D eigenvalue weighted by atomic mass is 35.5. The van der Waals surface area contributed by atoms with E-state index in [0.29, 0.717) is 41.9 Å². The number of nitrogens with zero attached hydrogens (tertiary/aromatic N) is 6. The van der Waals surface area contributed by atoms with Gasteiger partial charge in [-0.05, 0) is 67.1 Å². The number of halogens is 2. The first kappa shape index (κ1) is 39.9. The Morgan fingerprint density at radius 1 is 0.842 bits per heavy atom. The molecule has 0 radical (unpaired) electrons. The van der Waals surface area contributed by atoms with Crippen molar-refractivity contribution in [2.75, 3.05) is 92.4 Å². The van der Waals surface area contributed by atoms with Crippen LogP contribution in [-0.4, -0.2) is 99.8 Å². The molecule has 1 atom stereocenters. The van der Waals surface area contributed by atoms with Gasteiger partial charge in [-0.15, -0.1) is 0 Å². The number of urea groups is 1. The average molecular weight is 817 g/mol. The number of amides is 4. The smallest absolute Gasteiger partial charge is 0.327 e. The third-order valence-electron chi connectivity index (χ3n) is 11.0. The van der Waals surface area contributed by atoms with Gasteiger partial charge in [0.25, 0.3) is 0 Å². The van der Waals surface area contributed by atoms with Crippen LogP contribution in [0.25, 0.3) is 0 Å². The Morgan fingerprint density at radius 3 is 2.07 bits per heavy atom. The molecule has 0 saturated carbocycles. The van der Waals surface area contributed by atoms with Crippen molar-refractivity contribution in [1.29, 1.82) is 0 Å². The molecule has 4 aromatic rings. The van der Waals surface area contributed by atoms with Crippen molar-refractivity contribution in [3.63, 3.8) is 0 Å². The summed E-state index contributed by atoms with van der Waals surface area (Å²) >= 11 is 12.9. The fourth-order valence-electron chi connectivity index (χ4n) is 7.65. The number of aromatic nitrogens is 2. The third kappa shape index (κ3) is 9.30. The maximum atomic E-state index is 13.2. The van der Waals surface area contributed by atoms with Gasteiger partial charge in [-0.1, -0.05) is 35.3 Å². The zero-order valence-corrected chi connectivity index (χ0v) is 33.8. The average Bonchev–Trinajstić information content (AvgIpc) is 3.23. The van der Waals surface area contributed by atoms with E-state index < -0.39 is 6.03 Å². The molecule has 3 N–H and O–H groups in total. The van der Waals surface area contributed by atoms with E-state index in [1.54, 1.807) is 19.2 Å². The van der Waals surface area contributed by atoms with Crippen LogP contribution >= 0.6 is 23.2 Å². The van der Waals surface area contributed by atoms with Crippen LogP contribution in [0.5, 0.6) is 11.5 Å². The summed E-state index contributed by atoms with van der Waals surface area (Å²) in [5.74, 6) is 1.53. The highest BCUT2D eigenvalue weighted by molar-refractivity contribution is 6.41. The number of rotatable bonds is 11. The fourth-order valence-corrected chi connectivity index (χ4v) is 8.24. The second-order valence-corrected chi connectivity index (χ2v) is 15.3. The summed E-state index contributed by atoms with van der Waals surface area (Å²) in [6.45, 7) is 7.15. The largest absolute Gasteiger partial charge is 0.495 e. The van der Waals surface area contributed by atoms with Gasteiger partial charge in [0.05, 0.1) is 25.8 Å². The van der Waals surface area contributed by atoms with Crippen molar-refractivity contribution in [2.45, 2.75) is 31.6 Å². The van der Waals surface area contributed by atoms with Crippen LogP contribution in [0, 0.1) is 5.92 Å². The van der Waals surface area contributed by atoms with E-state index in [2.05, 4.69) is 64.9 Å². The first-order valence-electron chi connectivity index (χ1n) is 19.1. The molecule has 4 amide bonds. The first-order chi connectivity index (χ1) is 27.6. The van der Waals surface area contributed by atoms with E-state index in [4.69, 9.17) is 32.7 Å². The van der Waals surface area contributed by atoms with Gasteiger partial charge in [0, 0.05) is 88.5 Å². The Kier molecular flexibility index (Phi) is 12.5. The number of ether oxygens (including phenoxy) is 2. The van der Waals surface area contributed by atoms with Gasteiger partial charge in [0.15, 0.2) is 0 Å². The number of piperidine rings is 2. The molecule has 4 heterocycles. The van der Waals surface area contributed by atoms with Crippen LogP contribution < -0.4 is 40.1 Å². The molecule has 3 saturated heterocycles. The van der Waals surface area contributed by atoms with Gasteiger partial charge in [0.2, 0.25) is 11.8 Å². The summed E-state index contributed by atoms with van der Waals surface area (Å²) in [5.41, 5.74) is 4.35. The minimum atomic E-state index is -0.527. The van der Waals surface area contributed by atoms with E-state index in [1.807, 2.05) is 24.3 Å². The minimum Gasteiger partial charge on any atom is -0.495 e. The molecule has 300 valence electrons. The molecule has 14 nitrogen and oxygen atoms in total. The van der Waals surface area contributed by atoms with Crippen molar-refractivity contribution in [1.82, 2.24) is 20.2 Å². The Balaban J connectivity index is 0.858. The molecular weight excluding hydrogens is 769 g/mol. The van der Waals surface area contributed by atoms with E-state index >= 15 is 0 Å². The quantitative estimate of drug-likeness (QED) is 0.138. The number of carbonyl (C=O) groups excluding carboxylic acids is 3. The molecule has 16 heteroatoms. The first-order valence-corrected chi connectivity index (χ1v) is 19.9. The molecule has 57 heavy (non-hydrogen) atoms. The third-order valence-corrected chi connectivity index (χ3v) is 11.8. The molecule has 0 bridgehead atoms. The number of imide groups is 1. The van der Waals surface area contributed by atoms with Gasteiger partial charge >= 0.3 is 6.03 Å². The number of benzene rings is 3. The van der Waals surface area contributed by atoms with Crippen LogP contribution in [0.3, 0.4) is 0 Å².